The van der Waals surface area contributed by atoms with Gasteiger partial charge in [-0.25, -0.2) is 0 Å². The average molecular weight is 298 g/mol. The van der Waals surface area contributed by atoms with Gasteiger partial charge in [-0.1, -0.05) is 0 Å². The van der Waals surface area contributed by atoms with Crippen LogP contribution < -0.4 is 11.1 Å². The van der Waals surface area contributed by atoms with Gasteiger partial charge in [0.05, 0.1) is 6.04 Å². The molecule has 0 bridgehead atoms. The number of hydrogen-bond donors (Lipinski definition) is 2. The van der Waals surface area contributed by atoms with Crippen LogP contribution in [0, 0.1) is 0 Å². The van der Waals surface area contributed by atoms with Crippen LogP contribution in [0.2, 0.25) is 0 Å². The SMILES string of the molecule is CC(=O)C(CCCCN)NC(=O)I. The van der Waals surface area contributed by atoms with Crippen molar-refractivity contribution in [2.24, 2.45) is 5.73 Å². The summed E-state index contributed by atoms with van der Waals surface area (Å²) < 4.78 is -0.189. The maximum absolute atomic E-state index is 11.0. The number of nitrogens with two attached hydrogens (primary N) is 1. The number of hydrogen-bond acceptors (Lipinski definition) is 3. The summed E-state index contributed by atoms with van der Waals surface area (Å²) in [7, 11) is 0. The van der Waals surface area contributed by atoms with Crippen molar-refractivity contribution < 1.29 is 9.59 Å². The van der Waals surface area contributed by atoms with E-state index in [1.54, 1.807) is 22.6 Å². The minimum atomic E-state index is -0.337. The fraction of sp³-hybridized carbons (Fsp3) is 0.750. The average Bonchev–Trinajstić information content (AvgIpc) is 2.02. The second kappa shape index (κ2) is 7.25. The molecule has 0 aliphatic rings. The van der Waals surface area contributed by atoms with E-state index in [-0.39, 0.29) is 15.7 Å². The topological polar surface area (TPSA) is 72.2 Å². The molecule has 0 radical (unpaired) electrons. The van der Waals surface area contributed by atoms with E-state index in [2.05, 4.69) is 5.32 Å². The van der Waals surface area contributed by atoms with Crippen molar-refractivity contribution in [3.05, 3.63) is 0 Å². The Hall–Kier alpha value is -0.170. The zero-order valence-corrected chi connectivity index (χ0v) is 9.84. The van der Waals surface area contributed by atoms with E-state index >= 15 is 0 Å². The van der Waals surface area contributed by atoms with Crippen molar-refractivity contribution in [3.8, 4) is 0 Å². The second-order valence-electron chi connectivity index (χ2n) is 2.87. The molecule has 76 valence electrons. The first-order valence-electron chi connectivity index (χ1n) is 4.24. The van der Waals surface area contributed by atoms with Gasteiger partial charge in [-0.15, -0.1) is 0 Å². The van der Waals surface area contributed by atoms with Gasteiger partial charge in [-0.2, -0.15) is 0 Å². The summed E-state index contributed by atoms with van der Waals surface area (Å²) in [6.07, 6.45) is 2.44. The number of carbonyl (C=O) groups excluding carboxylic acids is 2. The Labute approximate surface area is 91.8 Å². The van der Waals surface area contributed by atoms with E-state index in [0.29, 0.717) is 13.0 Å². The van der Waals surface area contributed by atoms with Gasteiger partial charge in [0.2, 0.25) is 0 Å². The van der Waals surface area contributed by atoms with Crippen molar-refractivity contribution in [3.63, 3.8) is 0 Å². The van der Waals surface area contributed by atoms with E-state index in [1.165, 1.54) is 6.92 Å². The van der Waals surface area contributed by atoms with E-state index in [9.17, 15) is 9.59 Å². The molecule has 0 saturated carbocycles. The Morgan fingerprint density at radius 2 is 2.08 bits per heavy atom. The molecule has 0 aliphatic heterocycles. The molecule has 4 nitrogen and oxygen atoms in total. The van der Waals surface area contributed by atoms with Crippen LogP contribution in [0.4, 0.5) is 4.79 Å². The summed E-state index contributed by atoms with van der Waals surface area (Å²) in [5, 5.41) is 2.60. The van der Waals surface area contributed by atoms with Crippen LogP contribution in [0.15, 0.2) is 0 Å². The van der Waals surface area contributed by atoms with Crippen molar-refractivity contribution >= 4 is 32.3 Å². The largest absolute Gasteiger partial charge is 0.338 e. The molecule has 0 aromatic carbocycles. The molecule has 3 N–H and O–H groups in total. The number of halogens is 1. The predicted octanol–water partition coefficient (Wildman–Crippen LogP) is 1.22. The van der Waals surface area contributed by atoms with Gasteiger partial charge >= 0.3 is 0 Å². The zero-order valence-electron chi connectivity index (χ0n) is 7.68. The fourth-order valence-corrected chi connectivity index (χ4v) is 1.38. The minimum Gasteiger partial charge on any atom is -0.338 e. The maximum atomic E-state index is 11.0. The van der Waals surface area contributed by atoms with Gasteiger partial charge < -0.3 is 11.1 Å². The zero-order chi connectivity index (χ0) is 10.3. The second-order valence-corrected chi connectivity index (χ2v) is 3.85. The summed E-state index contributed by atoms with van der Waals surface area (Å²) in [5.41, 5.74) is 5.32. The Morgan fingerprint density at radius 3 is 2.46 bits per heavy atom. The highest BCUT2D eigenvalue weighted by molar-refractivity contribution is 14.1. The number of amides is 1. The smallest absolute Gasteiger partial charge is 0.281 e. The van der Waals surface area contributed by atoms with Crippen LogP contribution in [0.3, 0.4) is 0 Å². The molecular weight excluding hydrogens is 283 g/mol. The Bertz CT molecular complexity index is 185. The minimum absolute atomic E-state index is 0.00189. The van der Waals surface area contributed by atoms with Crippen molar-refractivity contribution in [2.75, 3.05) is 6.54 Å². The Kier molecular flexibility index (Phi) is 7.16. The summed E-state index contributed by atoms with van der Waals surface area (Å²) in [6.45, 7) is 2.11. The lowest BCUT2D eigenvalue weighted by Gasteiger charge is -2.13. The molecule has 1 atom stereocenters. The highest BCUT2D eigenvalue weighted by Gasteiger charge is 2.14. The first kappa shape index (κ1) is 12.8. The van der Waals surface area contributed by atoms with E-state index in [0.717, 1.165) is 12.8 Å². The Balaban J connectivity index is 3.81. The van der Waals surface area contributed by atoms with E-state index in [1.807, 2.05) is 0 Å². The quantitative estimate of drug-likeness (QED) is 0.335. The van der Waals surface area contributed by atoms with Gasteiger partial charge in [0, 0.05) is 22.6 Å². The Morgan fingerprint density at radius 1 is 1.46 bits per heavy atom. The van der Waals surface area contributed by atoms with Crippen molar-refractivity contribution in [1.29, 1.82) is 0 Å². The molecule has 0 fully saturated rings. The molecule has 5 heteroatoms. The van der Waals surface area contributed by atoms with Crippen LogP contribution in [-0.2, 0) is 4.79 Å². The van der Waals surface area contributed by atoms with Crippen LogP contribution in [0.5, 0.6) is 0 Å². The molecule has 13 heavy (non-hydrogen) atoms. The number of unbranched alkanes of at least 4 members (excludes halogenated alkanes) is 1. The number of rotatable bonds is 6. The summed E-state index contributed by atoms with van der Waals surface area (Å²) in [4.78, 5) is 21.7. The van der Waals surface area contributed by atoms with E-state index in [4.69, 9.17) is 5.73 Å². The lowest BCUT2D eigenvalue weighted by molar-refractivity contribution is -0.118. The standard InChI is InChI=1S/C8H15IN2O2/c1-6(12)7(11-8(9)13)4-2-3-5-10/h7H,2-5,10H2,1H3,(H,11,13). The molecule has 0 aliphatic carbocycles. The van der Waals surface area contributed by atoms with Crippen LogP contribution in [0.1, 0.15) is 26.2 Å². The molecular formula is C8H15IN2O2. The van der Waals surface area contributed by atoms with Crippen LogP contribution in [-0.4, -0.2) is 22.3 Å². The molecule has 0 heterocycles. The highest BCUT2D eigenvalue weighted by atomic mass is 127. The summed E-state index contributed by atoms with van der Waals surface area (Å²) in [6, 6.07) is -0.337. The van der Waals surface area contributed by atoms with Gasteiger partial charge in [-0.3, -0.25) is 9.59 Å². The van der Waals surface area contributed by atoms with E-state index < -0.39 is 0 Å². The summed E-state index contributed by atoms with van der Waals surface area (Å²) in [5.74, 6) is 0.00189. The monoisotopic (exact) mass is 298 g/mol. The molecule has 0 spiro atoms. The first-order valence-corrected chi connectivity index (χ1v) is 5.32. The van der Waals surface area contributed by atoms with Crippen LogP contribution in [0.25, 0.3) is 0 Å². The molecule has 0 rings (SSSR count). The fourth-order valence-electron chi connectivity index (χ4n) is 1.01. The third kappa shape index (κ3) is 6.94. The molecule has 0 saturated heterocycles. The highest BCUT2D eigenvalue weighted by Crippen LogP contribution is 2.02. The van der Waals surface area contributed by atoms with Crippen LogP contribution >= 0.6 is 22.6 Å². The number of ketones is 1. The number of Topliss-reactive ketones (excluding diaryl/α,β-unsaturated/α-hetero) is 1. The van der Waals surface area contributed by atoms with Gasteiger partial charge in [0.25, 0.3) is 3.91 Å². The third-order valence-electron chi connectivity index (χ3n) is 1.73. The van der Waals surface area contributed by atoms with Gasteiger partial charge in [-0.05, 0) is 32.7 Å². The normalized spacial score (nSPS) is 12.2. The maximum Gasteiger partial charge on any atom is 0.281 e. The van der Waals surface area contributed by atoms with Gasteiger partial charge in [0.15, 0.2) is 5.78 Å². The van der Waals surface area contributed by atoms with Crippen molar-refractivity contribution in [1.82, 2.24) is 5.32 Å². The number of nitrogens with one attached hydrogen (secondary N) is 1. The number of carbonyl (C=O) groups is 2. The molecule has 0 aromatic rings. The lowest BCUT2D eigenvalue weighted by atomic mass is 10.1. The lowest BCUT2D eigenvalue weighted by Crippen LogP contribution is -2.36. The predicted molar refractivity (Wildman–Crippen MR) is 59.9 cm³/mol. The first-order chi connectivity index (χ1) is 6.07. The molecule has 1 unspecified atom stereocenters. The third-order valence-corrected chi connectivity index (χ3v) is 2.04. The van der Waals surface area contributed by atoms with Crippen molar-refractivity contribution in [2.45, 2.75) is 32.2 Å². The van der Waals surface area contributed by atoms with Gasteiger partial charge in [0.1, 0.15) is 0 Å². The summed E-state index contributed by atoms with van der Waals surface area (Å²) >= 11 is 1.63. The molecule has 0 aromatic heterocycles. The molecule has 1 amide bonds.